The molecule has 2 aromatic rings. The van der Waals surface area contributed by atoms with Crippen LogP contribution in [0.15, 0.2) is 48.5 Å². The van der Waals surface area contributed by atoms with Crippen molar-refractivity contribution in [2.24, 2.45) is 5.92 Å². The Kier molecular flexibility index (Phi) is 8.06. The first-order valence-corrected chi connectivity index (χ1v) is 11.0. The van der Waals surface area contributed by atoms with E-state index in [2.05, 4.69) is 22.8 Å². The third kappa shape index (κ3) is 5.51. The van der Waals surface area contributed by atoms with Crippen molar-refractivity contribution < 1.29 is 29.0 Å². The second-order valence-corrected chi connectivity index (χ2v) is 8.08. The zero-order valence-electron chi connectivity index (χ0n) is 19.0. The lowest BCUT2D eigenvalue weighted by Crippen LogP contribution is -2.54. The molecule has 8 heteroatoms. The molecular formula is C25H30N2O6. The molecule has 3 rings (SSSR count). The van der Waals surface area contributed by atoms with Gasteiger partial charge in [0, 0.05) is 19.6 Å². The minimum absolute atomic E-state index is 0.0377. The second kappa shape index (κ2) is 11.0. The van der Waals surface area contributed by atoms with E-state index in [4.69, 9.17) is 9.47 Å². The molecule has 8 nitrogen and oxygen atoms in total. The van der Waals surface area contributed by atoms with Crippen molar-refractivity contribution in [3.63, 3.8) is 0 Å². The Morgan fingerprint density at radius 3 is 2.12 bits per heavy atom. The number of carboxylic acid groups (broad SMARTS) is 1. The van der Waals surface area contributed by atoms with Crippen LogP contribution in [0.25, 0.3) is 11.1 Å². The third-order valence-electron chi connectivity index (χ3n) is 6.11. The van der Waals surface area contributed by atoms with Gasteiger partial charge in [0.15, 0.2) is 0 Å². The number of hydrogen-bond acceptors (Lipinski definition) is 5. The largest absolute Gasteiger partial charge is 0.481 e. The average Bonchev–Trinajstić information content (AvgIpc) is 3.14. The number of amides is 2. The maximum absolute atomic E-state index is 12.7. The van der Waals surface area contributed by atoms with Gasteiger partial charge in [0.25, 0.3) is 0 Å². The lowest BCUT2D eigenvalue weighted by Gasteiger charge is -2.24. The van der Waals surface area contributed by atoms with Gasteiger partial charge in [0.1, 0.15) is 12.6 Å². The normalized spacial score (nSPS) is 15.0. The van der Waals surface area contributed by atoms with Gasteiger partial charge in [-0.1, -0.05) is 55.5 Å². The Labute approximate surface area is 193 Å². The minimum Gasteiger partial charge on any atom is -0.481 e. The fraction of sp³-hybridized carbons (Fsp3) is 0.400. The Bertz CT molecular complexity index is 962. The van der Waals surface area contributed by atoms with Crippen LogP contribution in [-0.4, -0.2) is 55.5 Å². The van der Waals surface area contributed by atoms with Crippen LogP contribution >= 0.6 is 0 Å². The number of carbonyl (C=O) groups is 3. The summed E-state index contributed by atoms with van der Waals surface area (Å²) in [5.74, 6) is -2.32. The molecule has 0 aromatic heterocycles. The van der Waals surface area contributed by atoms with Crippen molar-refractivity contribution in [3.8, 4) is 11.1 Å². The lowest BCUT2D eigenvalue weighted by molar-refractivity contribution is -0.141. The third-order valence-corrected chi connectivity index (χ3v) is 6.11. The maximum atomic E-state index is 12.7. The summed E-state index contributed by atoms with van der Waals surface area (Å²) < 4.78 is 10.8. The van der Waals surface area contributed by atoms with Crippen LogP contribution in [0.3, 0.4) is 0 Å². The maximum Gasteiger partial charge on any atom is 0.407 e. The van der Waals surface area contributed by atoms with E-state index in [-0.39, 0.29) is 19.1 Å². The van der Waals surface area contributed by atoms with E-state index in [0.717, 1.165) is 22.3 Å². The van der Waals surface area contributed by atoms with E-state index in [1.807, 2.05) is 36.4 Å². The number of alkyl carbamates (subject to hydrolysis) is 1. The van der Waals surface area contributed by atoms with Gasteiger partial charge in [0.2, 0.25) is 5.91 Å². The van der Waals surface area contributed by atoms with E-state index in [9.17, 15) is 19.5 Å². The fourth-order valence-electron chi connectivity index (χ4n) is 4.04. The number of rotatable bonds is 10. The molecule has 0 saturated carbocycles. The number of hydrogen-bond donors (Lipinski definition) is 3. The molecule has 3 N–H and O–H groups in total. The molecule has 2 amide bonds. The number of nitrogens with one attached hydrogen (secondary N) is 2. The molecule has 1 aliphatic carbocycles. The molecule has 1 unspecified atom stereocenters. The lowest BCUT2D eigenvalue weighted by atomic mass is 9.98. The molecule has 0 fully saturated rings. The summed E-state index contributed by atoms with van der Waals surface area (Å²) in [6, 6.07) is 15.0. The van der Waals surface area contributed by atoms with Crippen molar-refractivity contribution in [2.45, 2.75) is 38.3 Å². The van der Waals surface area contributed by atoms with Gasteiger partial charge in [0.05, 0.1) is 12.0 Å². The van der Waals surface area contributed by atoms with E-state index in [1.165, 1.54) is 7.11 Å². The highest BCUT2D eigenvalue weighted by molar-refractivity contribution is 5.86. The Hall–Kier alpha value is -3.39. The molecule has 0 bridgehead atoms. The van der Waals surface area contributed by atoms with Crippen LogP contribution in [0.1, 0.15) is 37.3 Å². The predicted molar refractivity (Wildman–Crippen MR) is 123 cm³/mol. The Balaban J connectivity index is 1.64. The molecule has 33 heavy (non-hydrogen) atoms. The molecule has 0 radical (unpaired) electrons. The molecular weight excluding hydrogens is 424 g/mol. The number of carbonyl (C=O) groups excluding carboxylic acids is 2. The first kappa shape index (κ1) is 24.3. The van der Waals surface area contributed by atoms with Crippen molar-refractivity contribution in [1.29, 1.82) is 0 Å². The highest BCUT2D eigenvalue weighted by atomic mass is 16.5. The smallest absolute Gasteiger partial charge is 0.407 e. The monoisotopic (exact) mass is 454 g/mol. The van der Waals surface area contributed by atoms with Gasteiger partial charge < -0.3 is 25.2 Å². The molecule has 3 atom stereocenters. The zero-order chi connectivity index (χ0) is 24.0. The molecule has 0 heterocycles. The molecule has 176 valence electrons. The fourth-order valence-corrected chi connectivity index (χ4v) is 4.04. The van der Waals surface area contributed by atoms with Crippen LogP contribution < -0.4 is 10.6 Å². The van der Waals surface area contributed by atoms with E-state index >= 15 is 0 Å². The molecule has 2 aromatic carbocycles. The molecule has 0 saturated heterocycles. The zero-order valence-corrected chi connectivity index (χ0v) is 19.0. The van der Waals surface area contributed by atoms with Gasteiger partial charge in [-0.3, -0.25) is 9.59 Å². The summed E-state index contributed by atoms with van der Waals surface area (Å²) >= 11 is 0. The average molecular weight is 455 g/mol. The summed E-state index contributed by atoms with van der Waals surface area (Å²) in [6.45, 7) is 3.45. The molecule has 0 spiro atoms. The number of benzene rings is 2. The Morgan fingerprint density at radius 2 is 1.61 bits per heavy atom. The van der Waals surface area contributed by atoms with Gasteiger partial charge in [-0.25, -0.2) is 4.79 Å². The summed E-state index contributed by atoms with van der Waals surface area (Å²) in [6.07, 6.45) is -1.01. The Morgan fingerprint density at radius 1 is 1.03 bits per heavy atom. The quantitative estimate of drug-likeness (QED) is 0.508. The number of methoxy groups -OCH3 is 1. The van der Waals surface area contributed by atoms with Gasteiger partial charge in [-0.2, -0.15) is 0 Å². The standard InChI is InChI=1S/C25H30N2O6/c1-4-16(24(29)30)13-26-23(28)22(15(2)32-3)27-25(31)33-14-21-19-11-7-5-9-17(19)18-10-6-8-12-20(18)21/h5-12,15-16,21-22H,4,13-14H2,1-3H3,(H,26,28)(H,27,31)(H,29,30)/t15-,16?,22+/m1/s1. The van der Waals surface area contributed by atoms with Crippen molar-refractivity contribution in [1.82, 2.24) is 10.6 Å². The predicted octanol–water partition coefficient (Wildman–Crippen LogP) is 3.16. The summed E-state index contributed by atoms with van der Waals surface area (Å²) in [5.41, 5.74) is 4.42. The molecule has 1 aliphatic rings. The second-order valence-electron chi connectivity index (χ2n) is 8.08. The van der Waals surface area contributed by atoms with Crippen LogP contribution in [0, 0.1) is 5.92 Å². The van der Waals surface area contributed by atoms with Crippen LogP contribution in [0.2, 0.25) is 0 Å². The highest BCUT2D eigenvalue weighted by Crippen LogP contribution is 2.44. The molecule has 0 aliphatic heterocycles. The van der Waals surface area contributed by atoms with Gasteiger partial charge in [-0.15, -0.1) is 0 Å². The number of ether oxygens (including phenoxy) is 2. The van der Waals surface area contributed by atoms with Gasteiger partial charge in [-0.05, 0) is 35.6 Å². The topological polar surface area (TPSA) is 114 Å². The van der Waals surface area contributed by atoms with E-state index < -0.39 is 36.0 Å². The van der Waals surface area contributed by atoms with Gasteiger partial charge >= 0.3 is 12.1 Å². The number of fused-ring (bicyclic) bond motifs is 3. The van der Waals surface area contributed by atoms with Crippen LogP contribution in [0.5, 0.6) is 0 Å². The van der Waals surface area contributed by atoms with Crippen molar-refractivity contribution in [3.05, 3.63) is 59.7 Å². The summed E-state index contributed by atoms with van der Waals surface area (Å²) in [5, 5.41) is 14.3. The van der Waals surface area contributed by atoms with E-state index in [0.29, 0.717) is 6.42 Å². The first-order chi connectivity index (χ1) is 15.9. The number of aliphatic carboxylic acids is 1. The summed E-state index contributed by atoms with van der Waals surface area (Å²) in [4.78, 5) is 36.5. The SMILES string of the molecule is CCC(CNC(=O)[C@@H](NC(=O)OCC1c2ccccc2-c2ccccc21)[C@@H](C)OC)C(=O)O. The van der Waals surface area contributed by atoms with Crippen molar-refractivity contribution in [2.75, 3.05) is 20.3 Å². The van der Waals surface area contributed by atoms with Crippen LogP contribution in [0.4, 0.5) is 4.79 Å². The van der Waals surface area contributed by atoms with Crippen LogP contribution in [-0.2, 0) is 19.1 Å². The minimum atomic E-state index is -1.03. The number of carboxylic acids is 1. The van der Waals surface area contributed by atoms with Crippen molar-refractivity contribution >= 4 is 18.0 Å². The summed E-state index contributed by atoms with van der Waals surface area (Å²) in [7, 11) is 1.43. The first-order valence-electron chi connectivity index (χ1n) is 11.0. The van der Waals surface area contributed by atoms with E-state index in [1.54, 1.807) is 13.8 Å². The highest BCUT2D eigenvalue weighted by Gasteiger charge is 2.31.